The average molecular weight is 321 g/mol. The van der Waals surface area contributed by atoms with Crippen LogP contribution in [0.4, 0.5) is 0 Å². The number of hydrogen-bond donors (Lipinski definition) is 1. The number of carbonyl (C=O) groups excluding carboxylic acids is 1. The number of esters is 1. The van der Waals surface area contributed by atoms with Crippen LogP contribution in [0.3, 0.4) is 0 Å². The van der Waals surface area contributed by atoms with Gasteiger partial charge in [0.2, 0.25) is 0 Å². The van der Waals surface area contributed by atoms with Crippen LogP contribution in [-0.4, -0.2) is 50.0 Å². The minimum Gasteiger partial charge on any atom is -0.481 e. The van der Waals surface area contributed by atoms with Crippen molar-refractivity contribution in [3.05, 3.63) is 17.0 Å². The summed E-state index contributed by atoms with van der Waals surface area (Å²) in [5.41, 5.74) is 0. The van der Waals surface area contributed by atoms with Crippen LogP contribution in [0.5, 0.6) is 0 Å². The van der Waals surface area contributed by atoms with E-state index >= 15 is 0 Å². The van der Waals surface area contributed by atoms with Crippen molar-refractivity contribution < 1.29 is 27.9 Å². The molecule has 1 rings (SSSR count). The van der Waals surface area contributed by atoms with Crippen LogP contribution >= 0.6 is 11.3 Å². The second-order valence-corrected chi connectivity index (χ2v) is 7.13. The zero-order valence-electron chi connectivity index (χ0n) is 11.0. The number of carboxylic acids is 1. The maximum absolute atomic E-state index is 12.3. The molecule has 0 aliphatic rings. The third kappa shape index (κ3) is 4.02. The third-order valence-corrected chi connectivity index (χ3v) is 5.92. The van der Waals surface area contributed by atoms with Gasteiger partial charge in [0.25, 0.3) is 10.0 Å². The zero-order chi connectivity index (χ0) is 15.3. The molecule has 1 heterocycles. The van der Waals surface area contributed by atoms with Gasteiger partial charge in [0, 0.05) is 11.4 Å². The van der Waals surface area contributed by atoms with E-state index in [9.17, 15) is 18.0 Å². The fourth-order valence-corrected chi connectivity index (χ4v) is 4.34. The molecule has 20 heavy (non-hydrogen) atoms. The number of thiophene rings is 1. The Morgan fingerprint density at radius 3 is 2.55 bits per heavy atom. The summed E-state index contributed by atoms with van der Waals surface area (Å²) in [6, 6.07) is 2.80. The Morgan fingerprint density at radius 1 is 1.40 bits per heavy atom. The molecule has 112 valence electrons. The van der Waals surface area contributed by atoms with Crippen molar-refractivity contribution in [3.8, 4) is 0 Å². The highest BCUT2D eigenvalue weighted by atomic mass is 32.2. The van der Waals surface area contributed by atoms with Crippen LogP contribution < -0.4 is 0 Å². The van der Waals surface area contributed by atoms with E-state index in [1.807, 2.05) is 0 Å². The number of aliphatic carboxylic acids is 1. The Labute approximate surface area is 120 Å². The number of methoxy groups -OCH3 is 1. The van der Waals surface area contributed by atoms with Gasteiger partial charge < -0.3 is 9.84 Å². The highest BCUT2D eigenvalue weighted by molar-refractivity contribution is 7.91. The monoisotopic (exact) mass is 321 g/mol. The molecule has 0 saturated carbocycles. The lowest BCUT2D eigenvalue weighted by Crippen LogP contribution is -2.35. The predicted molar refractivity (Wildman–Crippen MR) is 72.1 cm³/mol. The standard InChI is InChI=1S/C11H15NO6S2/c1-3-12(7-10(15)18-2)20(16,17)11-5-4-8(19-11)6-9(13)14/h4-5H,3,6-7H2,1-2H3,(H,13,14). The summed E-state index contributed by atoms with van der Waals surface area (Å²) in [6.07, 6.45) is -0.233. The fourth-order valence-electron chi connectivity index (χ4n) is 1.44. The molecule has 0 fully saturated rings. The Hall–Kier alpha value is -1.45. The minimum atomic E-state index is -3.81. The molecule has 0 unspecified atom stereocenters. The van der Waals surface area contributed by atoms with E-state index in [1.54, 1.807) is 6.92 Å². The third-order valence-electron chi connectivity index (χ3n) is 2.44. The van der Waals surface area contributed by atoms with Gasteiger partial charge in [-0.15, -0.1) is 11.3 Å². The maximum Gasteiger partial charge on any atom is 0.321 e. The van der Waals surface area contributed by atoms with Gasteiger partial charge in [-0.05, 0) is 12.1 Å². The number of likely N-dealkylation sites (N-methyl/N-ethyl adjacent to an activating group) is 1. The smallest absolute Gasteiger partial charge is 0.321 e. The van der Waals surface area contributed by atoms with Gasteiger partial charge >= 0.3 is 11.9 Å². The van der Waals surface area contributed by atoms with Crippen molar-refractivity contribution in [2.45, 2.75) is 17.6 Å². The lowest BCUT2D eigenvalue weighted by atomic mass is 10.3. The van der Waals surface area contributed by atoms with E-state index < -0.39 is 22.0 Å². The summed E-state index contributed by atoms with van der Waals surface area (Å²) in [7, 11) is -2.63. The van der Waals surface area contributed by atoms with Crippen LogP contribution in [0, 0.1) is 0 Å². The van der Waals surface area contributed by atoms with E-state index in [4.69, 9.17) is 5.11 Å². The van der Waals surface area contributed by atoms with Gasteiger partial charge in [-0.25, -0.2) is 8.42 Å². The maximum atomic E-state index is 12.3. The summed E-state index contributed by atoms with van der Waals surface area (Å²) < 4.78 is 30.0. The molecule has 0 bridgehead atoms. The normalized spacial score (nSPS) is 11.6. The van der Waals surface area contributed by atoms with Crippen LogP contribution in [0.25, 0.3) is 0 Å². The molecule has 0 amide bonds. The molecular weight excluding hydrogens is 306 g/mol. The van der Waals surface area contributed by atoms with Crippen LogP contribution in [0.2, 0.25) is 0 Å². The SMILES string of the molecule is CCN(CC(=O)OC)S(=O)(=O)c1ccc(CC(=O)O)s1. The number of nitrogens with zero attached hydrogens (tertiary/aromatic N) is 1. The summed E-state index contributed by atoms with van der Waals surface area (Å²) in [5, 5.41) is 8.67. The van der Waals surface area contributed by atoms with Crippen LogP contribution in [-0.2, 0) is 30.8 Å². The van der Waals surface area contributed by atoms with Crippen LogP contribution in [0.1, 0.15) is 11.8 Å². The fraction of sp³-hybridized carbons (Fsp3) is 0.455. The van der Waals surface area contributed by atoms with Crippen molar-refractivity contribution in [3.63, 3.8) is 0 Å². The average Bonchev–Trinajstić information content (AvgIpc) is 2.83. The number of carboxylic acid groups (broad SMARTS) is 1. The number of ether oxygens (including phenoxy) is 1. The summed E-state index contributed by atoms with van der Waals surface area (Å²) >= 11 is 0.884. The molecule has 1 N–H and O–H groups in total. The molecule has 0 aromatic carbocycles. The van der Waals surface area contributed by atoms with E-state index in [-0.39, 0.29) is 23.7 Å². The largest absolute Gasteiger partial charge is 0.481 e. The van der Waals surface area contributed by atoms with Crippen molar-refractivity contribution in [1.82, 2.24) is 4.31 Å². The predicted octanol–water partition coefficient (Wildman–Crippen LogP) is 0.559. The van der Waals surface area contributed by atoms with Gasteiger partial charge in [-0.2, -0.15) is 4.31 Å². The molecule has 0 saturated heterocycles. The first kappa shape index (κ1) is 16.6. The number of sulfonamides is 1. The molecule has 0 aliphatic heterocycles. The molecule has 7 nitrogen and oxygen atoms in total. The van der Waals surface area contributed by atoms with Crippen molar-refractivity contribution in [2.24, 2.45) is 0 Å². The first-order valence-corrected chi connectivity index (χ1v) is 7.94. The molecule has 1 aromatic rings. The molecule has 1 aromatic heterocycles. The number of hydrogen-bond acceptors (Lipinski definition) is 6. The van der Waals surface area contributed by atoms with Gasteiger partial charge in [0.15, 0.2) is 0 Å². The summed E-state index contributed by atoms with van der Waals surface area (Å²) in [6.45, 7) is 1.34. The highest BCUT2D eigenvalue weighted by Gasteiger charge is 2.27. The Bertz CT molecular complexity index is 592. The second kappa shape index (κ2) is 6.82. The van der Waals surface area contributed by atoms with Crippen molar-refractivity contribution >= 4 is 33.3 Å². The van der Waals surface area contributed by atoms with E-state index in [1.165, 1.54) is 19.2 Å². The Morgan fingerprint density at radius 2 is 2.05 bits per heavy atom. The van der Waals surface area contributed by atoms with E-state index in [2.05, 4.69) is 4.74 Å². The zero-order valence-corrected chi connectivity index (χ0v) is 12.7. The molecule has 9 heteroatoms. The van der Waals surface area contributed by atoms with Gasteiger partial charge in [-0.3, -0.25) is 9.59 Å². The Kier molecular flexibility index (Phi) is 5.66. The second-order valence-electron chi connectivity index (χ2n) is 3.80. The van der Waals surface area contributed by atoms with Crippen molar-refractivity contribution in [2.75, 3.05) is 20.2 Å². The van der Waals surface area contributed by atoms with Gasteiger partial charge in [0.1, 0.15) is 10.8 Å². The summed E-state index contributed by atoms with van der Waals surface area (Å²) in [5.74, 6) is -1.68. The summed E-state index contributed by atoms with van der Waals surface area (Å²) in [4.78, 5) is 22.2. The van der Waals surface area contributed by atoms with E-state index in [0.29, 0.717) is 4.88 Å². The lowest BCUT2D eigenvalue weighted by Gasteiger charge is -2.17. The number of carbonyl (C=O) groups is 2. The van der Waals surface area contributed by atoms with Crippen molar-refractivity contribution in [1.29, 1.82) is 0 Å². The minimum absolute atomic E-state index is 0.0134. The molecule has 0 spiro atoms. The van der Waals surface area contributed by atoms with Gasteiger partial charge in [0.05, 0.1) is 13.5 Å². The van der Waals surface area contributed by atoms with E-state index in [0.717, 1.165) is 15.6 Å². The van der Waals surface area contributed by atoms with Crippen LogP contribution in [0.15, 0.2) is 16.3 Å². The topological polar surface area (TPSA) is 101 Å². The van der Waals surface area contributed by atoms with Gasteiger partial charge in [-0.1, -0.05) is 6.92 Å². The highest BCUT2D eigenvalue weighted by Crippen LogP contribution is 2.25. The lowest BCUT2D eigenvalue weighted by molar-refractivity contribution is -0.140. The molecule has 0 radical (unpaired) electrons. The quantitative estimate of drug-likeness (QED) is 0.736. The molecular formula is C11H15NO6S2. The first-order valence-electron chi connectivity index (χ1n) is 5.68. The number of rotatable bonds is 7. The molecule has 0 atom stereocenters. The molecule has 0 aliphatic carbocycles. The first-order chi connectivity index (χ1) is 9.31. The Balaban J connectivity index is 2.98.